The molecule has 2 aromatic heterocycles. The largest absolute Gasteiger partial charge is 0.463 e. The van der Waals surface area contributed by atoms with Crippen LogP contribution in [0.3, 0.4) is 0 Å². The third kappa shape index (κ3) is 1.79. The number of aromatic amines is 1. The zero-order chi connectivity index (χ0) is 13.6. The fourth-order valence-corrected chi connectivity index (χ4v) is 2.37. The van der Waals surface area contributed by atoms with Crippen molar-refractivity contribution in [1.82, 2.24) is 15.0 Å². The smallest absolute Gasteiger partial charge is 0.376 e. The van der Waals surface area contributed by atoms with Gasteiger partial charge in [0.1, 0.15) is 5.65 Å². The van der Waals surface area contributed by atoms with E-state index in [1.54, 1.807) is 0 Å². The van der Waals surface area contributed by atoms with Crippen molar-refractivity contribution in [2.24, 2.45) is 5.73 Å². The molecule has 1 saturated carbocycles. The number of H-pyrrole nitrogens is 1. The van der Waals surface area contributed by atoms with Gasteiger partial charge in [0, 0.05) is 18.1 Å². The summed E-state index contributed by atoms with van der Waals surface area (Å²) in [5.41, 5.74) is 8.49. The molecule has 1 aliphatic carbocycles. The number of nitrogens with one attached hydrogen (secondary N) is 1. The van der Waals surface area contributed by atoms with Crippen molar-refractivity contribution in [1.29, 1.82) is 0 Å². The van der Waals surface area contributed by atoms with Crippen LogP contribution in [0.2, 0.25) is 0 Å². The fourth-order valence-electron chi connectivity index (χ4n) is 2.37. The minimum absolute atomic E-state index is 0.0461. The average Bonchev–Trinajstić information content (AvgIpc) is 3.02. The van der Waals surface area contributed by atoms with E-state index < -0.39 is 5.97 Å². The Bertz CT molecular complexity index is 658. The fraction of sp³-hybridized carbons (Fsp3) is 0.462. The molecule has 0 unspecified atom stereocenters. The van der Waals surface area contributed by atoms with Crippen molar-refractivity contribution in [3.05, 3.63) is 23.3 Å². The van der Waals surface area contributed by atoms with Crippen LogP contribution in [-0.2, 0) is 16.7 Å². The minimum Gasteiger partial charge on any atom is -0.463 e. The Morgan fingerprint density at radius 1 is 1.53 bits per heavy atom. The molecule has 1 fully saturated rings. The predicted molar refractivity (Wildman–Crippen MR) is 69.7 cm³/mol. The highest BCUT2D eigenvalue weighted by molar-refractivity contribution is 5.90. The summed E-state index contributed by atoms with van der Waals surface area (Å²) in [5, 5.41) is 0.954. The number of nitrogens with two attached hydrogens (primary N) is 1. The number of carbonyl (C=O) groups is 1. The van der Waals surface area contributed by atoms with Gasteiger partial charge >= 0.3 is 5.97 Å². The maximum atomic E-state index is 11.5. The lowest BCUT2D eigenvalue weighted by Gasteiger charge is -2.09. The van der Waals surface area contributed by atoms with Gasteiger partial charge in [-0.15, -0.1) is 0 Å². The highest BCUT2D eigenvalue weighted by Gasteiger charge is 2.41. The summed E-state index contributed by atoms with van der Waals surface area (Å²) in [7, 11) is 1.31. The van der Waals surface area contributed by atoms with Crippen LogP contribution in [0.15, 0.2) is 6.20 Å². The first-order valence-corrected chi connectivity index (χ1v) is 6.26. The molecule has 6 nitrogen and oxygen atoms in total. The Morgan fingerprint density at radius 3 is 2.84 bits per heavy atom. The Labute approximate surface area is 110 Å². The van der Waals surface area contributed by atoms with E-state index in [4.69, 9.17) is 5.73 Å². The third-order valence-corrected chi connectivity index (χ3v) is 3.82. The highest BCUT2D eigenvalue weighted by Crippen LogP contribution is 2.50. The van der Waals surface area contributed by atoms with Crippen LogP contribution in [0, 0.1) is 0 Å². The molecular weight excluding hydrogens is 244 g/mol. The number of esters is 1. The first-order valence-electron chi connectivity index (χ1n) is 6.26. The Hall–Kier alpha value is -1.95. The number of methoxy groups -OCH3 is 1. The molecule has 0 radical (unpaired) electrons. The van der Waals surface area contributed by atoms with Crippen molar-refractivity contribution in [3.63, 3.8) is 0 Å². The number of nitrogens with zero attached hydrogens (tertiary/aromatic N) is 2. The molecule has 0 aromatic carbocycles. The lowest BCUT2D eigenvalue weighted by molar-refractivity contribution is 0.0587. The molecule has 3 rings (SSSR count). The summed E-state index contributed by atoms with van der Waals surface area (Å²) in [6.45, 7) is 2.48. The Kier molecular flexibility index (Phi) is 2.56. The maximum absolute atomic E-state index is 11.5. The number of aromatic nitrogens is 3. The van der Waals surface area contributed by atoms with Gasteiger partial charge in [0.05, 0.1) is 12.8 Å². The molecule has 1 aliphatic rings. The van der Waals surface area contributed by atoms with Crippen LogP contribution in [0.5, 0.6) is 0 Å². The standard InChI is InChI=1S/C13H16N4O2/c1-13(3-4-13)7-6-15-10-9(7)8(5-14)16-11(17-10)12(18)19-2/h6H,3-5,14H2,1-2H3,(H,15,16,17). The molecule has 0 amide bonds. The monoisotopic (exact) mass is 260 g/mol. The minimum atomic E-state index is -0.551. The Morgan fingerprint density at radius 2 is 2.26 bits per heavy atom. The molecule has 19 heavy (non-hydrogen) atoms. The van der Waals surface area contributed by atoms with Crippen molar-refractivity contribution in [2.45, 2.75) is 31.7 Å². The first kappa shape index (κ1) is 12.1. The van der Waals surface area contributed by atoms with E-state index in [1.807, 2.05) is 6.20 Å². The van der Waals surface area contributed by atoms with Gasteiger partial charge in [-0.05, 0) is 23.8 Å². The number of rotatable bonds is 3. The SMILES string of the molecule is COC(=O)c1nc(CN)c2c(C3(C)CC3)c[nH]c2n1. The van der Waals surface area contributed by atoms with E-state index in [-0.39, 0.29) is 17.8 Å². The molecule has 2 aromatic rings. The lowest BCUT2D eigenvalue weighted by atomic mass is 9.98. The topological polar surface area (TPSA) is 93.9 Å². The van der Waals surface area contributed by atoms with Crippen LogP contribution in [0.4, 0.5) is 0 Å². The van der Waals surface area contributed by atoms with E-state index in [0.29, 0.717) is 11.3 Å². The molecule has 0 spiro atoms. The summed E-state index contributed by atoms with van der Waals surface area (Å²) in [6, 6.07) is 0. The third-order valence-electron chi connectivity index (χ3n) is 3.82. The van der Waals surface area contributed by atoms with E-state index in [1.165, 1.54) is 12.7 Å². The first-order chi connectivity index (χ1) is 9.09. The van der Waals surface area contributed by atoms with Crippen LogP contribution in [-0.4, -0.2) is 28.0 Å². The summed E-state index contributed by atoms with van der Waals surface area (Å²) in [6.07, 6.45) is 4.26. The zero-order valence-corrected chi connectivity index (χ0v) is 11.0. The molecule has 3 N–H and O–H groups in total. The van der Waals surface area contributed by atoms with Gasteiger partial charge in [-0.3, -0.25) is 0 Å². The number of hydrogen-bond donors (Lipinski definition) is 2. The zero-order valence-electron chi connectivity index (χ0n) is 11.0. The van der Waals surface area contributed by atoms with Crippen molar-refractivity contribution >= 4 is 17.0 Å². The molecule has 100 valence electrons. The summed E-state index contributed by atoms with van der Waals surface area (Å²) in [4.78, 5) is 23.1. The van der Waals surface area contributed by atoms with E-state index in [9.17, 15) is 4.79 Å². The molecular formula is C13H16N4O2. The second-order valence-corrected chi connectivity index (χ2v) is 5.18. The summed E-state index contributed by atoms with van der Waals surface area (Å²) >= 11 is 0. The molecule has 2 heterocycles. The Balaban J connectivity index is 2.22. The van der Waals surface area contributed by atoms with E-state index in [0.717, 1.165) is 18.2 Å². The number of carbonyl (C=O) groups excluding carboxylic acids is 1. The van der Waals surface area contributed by atoms with E-state index >= 15 is 0 Å². The summed E-state index contributed by atoms with van der Waals surface area (Å²) < 4.78 is 4.65. The van der Waals surface area contributed by atoms with Crippen molar-refractivity contribution in [2.75, 3.05) is 7.11 Å². The summed E-state index contributed by atoms with van der Waals surface area (Å²) in [5.74, 6) is -0.504. The van der Waals surface area contributed by atoms with Crippen LogP contribution in [0.25, 0.3) is 11.0 Å². The average molecular weight is 260 g/mol. The molecule has 0 saturated heterocycles. The van der Waals surface area contributed by atoms with Gasteiger partial charge in [0.2, 0.25) is 5.82 Å². The van der Waals surface area contributed by atoms with Crippen molar-refractivity contribution in [3.8, 4) is 0 Å². The van der Waals surface area contributed by atoms with E-state index in [2.05, 4.69) is 26.6 Å². The maximum Gasteiger partial charge on any atom is 0.376 e. The quantitative estimate of drug-likeness (QED) is 0.810. The molecule has 0 atom stereocenters. The predicted octanol–water partition coefficient (Wildman–Crippen LogP) is 1.25. The van der Waals surface area contributed by atoms with Gasteiger partial charge in [0.25, 0.3) is 0 Å². The number of fused-ring (bicyclic) bond motifs is 1. The van der Waals surface area contributed by atoms with Crippen LogP contribution >= 0.6 is 0 Å². The second kappa shape index (κ2) is 4.03. The number of ether oxygens (including phenoxy) is 1. The second-order valence-electron chi connectivity index (χ2n) is 5.18. The van der Waals surface area contributed by atoms with Gasteiger partial charge < -0.3 is 15.5 Å². The van der Waals surface area contributed by atoms with Gasteiger partial charge in [-0.2, -0.15) is 0 Å². The van der Waals surface area contributed by atoms with Crippen LogP contribution < -0.4 is 5.73 Å². The molecule has 0 bridgehead atoms. The lowest BCUT2D eigenvalue weighted by Crippen LogP contribution is -2.12. The van der Waals surface area contributed by atoms with Gasteiger partial charge in [0.15, 0.2) is 0 Å². The molecule has 6 heteroatoms. The van der Waals surface area contributed by atoms with Crippen molar-refractivity contribution < 1.29 is 9.53 Å². The van der Waals surface area contributed by atoms with Gasteiger partial charge in [-0.1, -0.05) is 6.92 Å². The normalized spacial score (nSPS) is 16.6. The highest BCUT2D eigenvalue weighted by atomic mass is 16.5. The number of hydrogen-bond acceptors (Lipinski definition) is 5. The molecule has 0 aliphatic heterocycles. The van der Waals surface area contributed by atoms with Gasteiger partial charge in [-0.25, -0.2) is 14.8 Å². The van der Waals surface area contributed by atoms with Crippen LogP contribution in [0.1, 0.15) is 41.6 Å².